The molecular formula is C28H52O3. The lowest BCUT2D eigenvalue weighted by atomic mass is 10.2. The Balaban J connectivity index is 3.93. The molecule has 0 atom stereocenters. The summed E-state index contributed by atoms with van der Waals surface area (Å²) in [5, 5.41) is 0. The molecule has 0 aromatic carbocycles. The second kappa shape index (κ2) is 27.1. The highest BCUT2D eigenvalue weighted by molar-refractivity contribution is 4.80. The smallest absolute Gasteiger partial charge is 0.271 e. The van der Waals surface area contributed by atoms with Gasteiger partial charge in [-0.25, -0.2) is 0 Å². The molecule has 0 unspecified atom stereocenters. The van der Waals surface area contributed by atoms with Gasteiger partial charge in [0.05, 0.1) is 19.8 Å². The van der Waals surface area contributed by atoms with Crippen LogP contribution in [0.15, 0.2) is 36.5 Å². The first kappa shape index (κ1) is 30.1. The van der Waals surface area contributed by atoms with Crippen LogP contribution in [0.5, 0.6) is 0 Å². The predicted octanol–water partition coefficient (Wildman–Crippen LogP) is 8.90. The Morgan fingerprint density at radius 2 is 0.742 bits per heavy atom. The van der Waals surface area contributed by atoms with Crippen molar-refractivity contribution in [3.8, 4) is 0 Å². The summed E-state index contributed by atoms with van der Waals surface area (Å²) in [5.41, 5.74) is 0. The quantitative estimate of drug-likeness (QED) is 0.0858. The van der Waals surface area contributed by atoms with Gasteiger partial charge in [-0.2, -0.15) is 0 Å². The summed E-state index contributed by atoms with van der Waals surface area (Å²) < 4.78 is 17.7. The standard InChI is InChI=1S/C28H52O3/c1-4-7-10-13-16-19-22-25-29-28(30-26-23-20-17-14-11-8-5-2)31-27-24-21-18-15-12-9-6-3/h7-12,28H,4-6,13-27H2,1-3H3. The van der Waals surface area contributed by atoms with Crippen LogP contribution in [0.4, 0.5) is 0 Å². The van der Waals surface area contributed by atoms with E-state index in [9.17, 15) is 0 Å². The third-order valence-electron chi connectivity index (χ3n) is 5.01. The Morgan fingerprint density at radius 3 is 1.03 bits per heavy atom. The summed E-state index contributed by atoms with van der Waals surface area (Å²) in [6.07, 6.45) is 30.9. The SMILES string of the molecule is CCC=CCCCCCOC(OCCCCCC=CCC)OCCCCCC=CCC. The van der Waals surface area contributed by atoms with Crippen molar-refractivity contribution in [2.45, 2.75) is 124 Å². The van der Waals surface area contributed by atoms with Crippen molar-refractivity contribution < 1.29 is 14.2 Å². The van der Waals surface area contributed by atoms with Gasteiger partial charge in [0.1, 0.15) is 0 Å². The fraction of sp³-hybridized carbons (Fsp3) is 0.786. The molecule has 0 aliphatic rings. The summed E-state index contributed by atoms with van der Waals surface area (Å²) >= 11 is 0. The zero-order valence-electron chi connectivity index (χ0n) is 21.0. The van der Waals surface area contributed by atoms with Gasteiger partial charge in [-0.1, -0.05) is 76.5 Å². The number of ether oxygens (including phenoxy) is 3. The van der Waals surface area contributed by atoms with Gasteiger partial charge in [0.15, 0.2) is 0 Å². The zero-order chi connectivity index (χ0) is 22.7. The Hall–Kier alpha value is -0.900. The van der Waals surface area contributed by atoms with Gasteiger partial charge >= 0.3 is 0 Å². The van der Waals surface area contributed by atoms with Gasteiger partial charge in [-0.05, 0) is 77.0 Å². The van der Waals surface area contributed by atoms with Crippen LogP contribution in [0.25, 0.3) is 0 Å². The van der Waals surface area contributed by atoms with Crippen LogP contribution in [0.3, 0.4) is 0 Å². The Labute approximate surface area is 194 Å². The average molecular weight is 437 g/mol. The molecule has 0 aliphatic carbocycles. The molecule has 3 heteroatoms. The minimum Gasteiger partial charge on any atom is -0.330 e. The fourth-order valence-corrected chi connectivity index (χ4v) is 3.16. The molecule has 0 aliphatic heterocycles. The van der Waals surface area contributed by atoms with Crippen molar-refractivity contribution in [2.24, 2.45) is 0 Å². The predicted molar refractivity (Wildman–Crippen MR) is 135 cm³/mol. The van der Waals surface area contributed by atoms with Crippen molar-refractivity contribution in [2.75, 3.05) is 19.8 Å². The molecule has 0 saturated carbocycles. The van der Waals surface area contributed by atoms with E-state index in [1.54, 1.807) is 0 Å². The molecule has 0 rings (SSSR count). The van der Waals surface area contributed by atoms with Crippen LogP contribution in [-0.4, -0.2) is 26.3 Å². The highest BCUT2D eigenvalue weighted by atomic mass is 16.8. The second-order valence-corrected chi connectivity index (χ2v) is 8.09. The molecule has 182 valence electrons. The van der Waals surface area contributed by atoms with E-state index in [1.807, 2.05) is 0 Å². The summed E-state index contributed by atoms with van der Waals surface area (Å²) in [7, 11) is 0. The van der Waals surface area contributed by atoms with Gasteiger partial charge in [0, 0.05) is 0 Å². The normalized spacial score (nSPS) is 13.3. The maximum Gasteiger partial charge on any atom is 0.271 e. The van der Waals surface area contributed by atoms with Gasteiger partial charge in [0.25, 0.3) is 6.48 Å². The number of rotatable bonds is 24. The molecule has 0 N–H and O–H groups in total. The highest BCUT2D eigenvalue weighted by Gasteiger charge is 2.09. The largest absolute Gasteiger partial charge is 0.330 e. The van der Waals surface area contributed by atoms with E-state index < -0.39 is 6.48 Å². The lowest BCUT2D eigenvalue weighted by Gasteiger charge is -2.19. The molecule has 0 radical (unpaired) electrons. The molecule has 0 aromatic rings. The topological polar surface area (TPSA) is 27.7 Å². The molecule has 0 aromatic heterocycles. The third kappa shape index (κ3) is 25.2. The minimum absolute atomic E-state index is 0.500. The zero-order valence-corrected chi connectivity index (χ0v) is 21.0. The van der Waals surface area contributed by atoms with Gasteiger partial charge in [0.2, 0.25) is 0 Å². The minimum atomic E-state index is -0.500. The lowest BCUT2D eigenvalue weighted by Crippen LogP contribution is -2.23. The van der Waals surface area contributed by atoms with Gasteiger partial charge < -0.3 is 14.2 Å². The molecule has 0 amide bonds. The molecule has 0 spiro atoms. The number of hydrogen-bond acceptors (Lipinski definition) is 3. The van der Waals surface area contributed by atoms with E-state index in [0.717, 1.165) is 38.5 Å². The molecule has 0 fully saturated rings. The Morgan fingerprint density at radius 1 is 0.419 bits per heavy atom. The monoisotopic (exact) mass is 436 g/mol. The molecule has 0 heterocycles. The average Bonchev–Trinajstić information content (AvgIpc) is 2.78. The van der Waals surface area contributed by atoms with Crippen LogP contribution in [-0.2, 0) is 14.2 Å². The van der Waals surface area contributed by atoms with Crippen molar-refractivity contribution in [1.29, 1.82) is 0 Å². The van der Waals surface area contributed by atoms with E-state index in [1.165, 1.54) is 57.8 Å². The first-order valence-corrected chi connectivity index (χ1v) is 13.1. The van der Waals surface area contributed by atoms with E-state index in [-0.39, 0.29) is 0 Å². The van der Waals surface area contributed by atoms with Crippen LogP contribution in [0, 0.1) is 0 Å². The number of allylic oxidation sites excluding steroid dienone is 6. The van der Waals surface area contributed by atoms with E-state index in [0.29, 0.717) is 19.8 Å². The van der Waals surface area contributed by atoms with E-state index >= 15 is 0 Å². The van der Waals surface area contributed by atoms with Gasteiger partial charge in [-0.3, -0.25) is 0 Å². The maximum absolute atomic E-state index is 5.90. The number of hydrogen-bond donors (Lipinski definition) is 0. The lowest BCUT2D eigenvalue weighted by molar-refractivity contribution is -0.288. The fourth-order valence-electron chi connectivity index (χ4n) is 3.16. The van der Waals surface area contributed by atoms with E-state index in [2.05, 4.69) is 57.2 Å². The third-order valence-corrected chi connectivity index (χ3v) is 5.01. The molecule has 0 saturated heterocycles. The Kier molecular flexibility index (Phi) is 26.3. The first-order valence-electron chi connectivity index (χ1n) is 13.1. The summed E-state index contributed by atoms with van der Waals surface area (Å²) in [5.74, 6) is 0. The van der Waals surface area contributed by atoms with Gasteiger partial charge in [-0.15, -0.1) is 0 Å². The molecule has 3 nitrogen and oxygen atoms in total. The van der Waals surface area contributed by atoms with Crippen LogP contribution in [0.2, 0.25) is 0 Å². The van der Waals surface area contributed by atoms with Crippen molar-refractivity contribution in [3.05, 3.63) is 36.5 Å². The van der Waals surface area contributed by atoms with Crippen LogP contribution in [0.1, 0.15) is 117 Å². The van der Waals surface area contributed by atoms with E-state index in [4.69, 9.17) is 14.2 Å². The van der Waals surface area contributed by atoms with Crippen molar-refractivity contribution in [3.63, 3.8) is 0 Å². The summed E-state index contributed by atoms with van der Waals surface area (Å²) in [6, 6.07) is 0. The molecule has 0 bridgehead atoms. The van der Waals surface area contributed by atoms with Crippen molar-refractivity contribution in [1.82, 2.24) is 0 Å². The number of unbranched alkanes of at least 4 members (excludes halogenated alkanes) is 9. The Bertz CT molecular complexity index is 353. The molecular weight excluding hydrogens is 384 g/mol. The second-order valence-electron chi connectivity index (χ2n) is 8.09. The van der Waals surface area contributed by atoms with Crippen LogP contribution >= 0.6 is 0 Å². The highest BCUT2D eigenvalue weighted by Crippen LogP contribution is 2.09. The maximum atomic E-state index is 5.90. The molecule has 31 heavy (non-hydrogen) atoms. The van der Waals surface area contributed by atoms with Crippen LogP contribution < -0.4 is 0 Å². The summed E-state index contributed by atoms with van der Waals surface area (Å²) in [4.78, 5) is 0. The summed E-state index contributed by atoms with van der Waals surface area (Å²) in [6.45, 7) is 8.18. The van der Waals surface area contributed by atoms with Crippen molar-refractivity contribution >= 4 is 0 Å². The first-order chi connectivity index (χ1) is 15.3.